The zero-order valence-electron chi connectivity index (χ0n) is 10.8. The number of methoxy groups -OCH3 is 1. The van der Waals surface area contributed by atoms with Crippen molar-refractivity contribution in [2.45, 2.75) is 12.8 Å². The molecule has 0 bridgehead atoms. The molecule has 19 heavy (non-hydrogen) atoms. The number of ketones is 1. The smallest absolute Gasteiger partial charge is 0.207 e. The summed E-state index contributed by atoms with van der Waals surface area (Å²) in [4.78, 5) is 17.8. The molecule has 1 aliphatic heterocycles. The highest BCUT2D eigenvalue weighted by atomic mass is 16.5. The maximum absolute atomic E-state index is 12.1. The minimum absolute atomic E-state index is 0.0233. The fourth-order valence-electron chi connectivity index (χ4n) is 2.11. The Balaban J connectivity index is 2.04. The van der Waals surface area contributed by atoms with Gasteiger partial charge in [0.25, 0.3) is 0 Å². The number of Topliss-reactive ketones (excluding diaryl/α,β-unsaturated/α-hetero) is 1. The number of nitriles is 1. The summed E-state index contributed by atoms with van der Waals surface area (Å²) in [5.74, 6) is 1.46. The standard InChI is InChI=1S/C14H15N3O2/c1-19-12-6-4-11(5-7-12)13(18)9-17-8-2-3-14(17)16-10-15/h4-7H,2-3,8-9H2,1H3. The molecule has 0 aliphatic carbocycles. The highest BCUT2D eigenvalue weighted by Gasteiger charge is 2.21. The first-order chi connectivity index (χ1) is 9.24. The molecule has 0 atom stereocenters. The van der Waals surface area contributed by atoms with E-state index >= 15 is 0 Å². The lowest BCUT2D eigenvalue weighted by Gasteiger charge is -2.16. The van der Waals surface area contributed by atoms with Gasteiger partial charge in [-0.3, -0.25) is 4.79 Å². The Morgan fingerprint density at radius 2 is 2.21 bits per heavy atom. The number of likely N-dealkylation sites (tertiary alicyclic amines) is 1. The number of nitrogens with zero attached hydrogens (tertiary/aromatic N) is 3. The van der Waals surface area contributed by atoms with E-state index in [-0.39, 0.29) is 12.3 Å². The maximum atomic E-state index is 12.1. The van der Waals surface area contributed by atoms with Crippen LogP contribution in [0.5, 0.6) is 5.75 Å². The molecule has 5 nitrogen and oxygen atoms in total. The Bertz CT molecular complexity index is 529. The Morgan fingerprint density at radius 1 is 1.47 bits per heavy atom. The zero-order valence-corrected chi connectivity index (χ0v) is 10.8. The number of carbonyl (C=O) groups excluding carboxylic acids is 1. The van der Waals surface area contributed by atoms with Crippen molar-refractivity contribution in [3.8, 4) is 11.9 Å². The third kappa shape index (κ3) is 3.10. The molecule has 2 rings (SSSR count). The van der Waals surface area contributed by atoms with Gasteiger partial charge in [0.1, 0.15) is 11.6 Å². The molecule has 0 unspecified atom stereocenters. The van der Waals surface area contributed by atoms with Crippen LogP contribution in [0.4, 0.5) is 0 Å². The van der Waals surface area contributed by atoms with Gasteiger partial charge in [-0.25, -0.2) is 0 Å². The molecule has 1 saturated heterocycles. The minimum atomic E-state index is 0.0233. The van der Waals surface area contributed by atoms with Gasteiger partial charge in [-0.2, -0.15) is 10.3 Å². The number of hydrogen-bond acceptors (Lipinski definition) is 4. The van der Waals surface area contributed by atoms with E-state index in [0.717, 1.165) is 25.1 Å². The lowest BCUT2D eigenvalue weighted by Crippen LogP contribution is -2.30. The van der Waals surface area contributed by atoms with Crippen LogP contribution in [-0.2, 0) is 0 Å². The van der Waals surface area contributed by atoms with Crippen molar-refractivity contribution in [2.75, 3.05) is 20.2 Å². The number of rotatable bonds is 4. The average Bonchev–Trinajstić information content (AvgIpc) is 2.86. The lowest BCUT2D eigenvalue weighted by atomic mass is 10.1. The van der Waals surface area contributed by atoms with Crippen molar-refractivity contribution < 1.29 is 9.53 Å². The third-order valence-corrected chi connectivity index (χ3v) is 3.12. The molecular weight excluding hydrogens is 242 g/mol. The first-order valence-electron chi connectivity index (χ1n) is 6.12. The van der Waals surface area contributed by atoms with E-state index in [1.165, 1.54) is 0 Å². The molecule has 0 amide bonds. The monoisotopic (exact) mass is 257 g/mol. The van der Waals surface area contributed by atoms with Crippen LogP contribution >= 0.6 is 0 Å². The van der Waals surface area contributed by atoms with Crippen LogP contribution in [0.1, 0.15) is 23.2 Å². The second-order valence-electron chi connectivity index (χ2n) is 4.30. The van der Waals surface area contributed by atoms with Crippen LogP contribution in [0.25, 0.3) is 0 Å². The molecule has 1 aromatic carbocycles. The van der Waals surface area contributed by atoms with Gasteiger partial charge in [0.2, 0.25) is 6.19 Å². The summed E-state index contributed by atoms with van der Waals surface area (Å²) in [6, 6.07) is 7.03. The van der Waals surface area contributed by atoms with Crippen molar-refractivity contribution in [1.82, 2.24) is 4.90 Å². The second kappa shape index (κ2) is 6.01. The average molecular weight is 257 g/mol. The van der Waals surface area contributed by atoms with Crippen molar-refractivity contribution in [3.63, 3.8) is 0 Å². The number of amidine groups is 1. The highest BCUT2D eigenvalue weighted by Crippen LogP contribution is 2.15. The second-order valence-corrected chi connectivity index (χ2v) is 4.30. The fourth-order valence-corrected chi connectivity index (χ4v) is 2.11. The number of ether oxygens (including phenoxy) is 1. The number of carbonyl (C=O) groups is 1. The summed E-state index contributed by atoms with van der Waals surface area (Å²) >= 11 is 0. The van der Waals surface area contributed by atoms with E-state index in [9.17, 15) is 4.79 Å². The molecule has 0 radical (unpaired) electrons. The molecule has 0 aromatic heterocycles. The van der Waals surface area contributed by atoms with Crippen molar-refractivity contribution in [3.05, 3.63) is 29.8 Å². The Labute approximate surface area is 112 Å². The Morgan fingerprint density at radius 3 is 2.84 bits per heavy atom. The summed E-state index contributed by atoms with van der Waals surface area (Å²) in [5, 5.41) is 8.59. The topological polar surface area (TPSA) is 65.7 Å². The third-order valence-electron chi connectivity index (χ3n) is 3.12. The molecule has 0 spiro atoms. The minimum Gasteiger partial charge on any atom is -0.497 e. The normalized spacial score (nSPS) is 16.4. The summed E-state index contributed by atoms with van der Waals surface area (Å²) in [7, 11) is 1.59. The van der Waals surface area contributed by atoms with Gasteiger partial charge < -0.3 is 9.64 Å². The first-order valence-corrected chi connectivity index (χ1v) is 6.12. The van der Waals surface area contributed by atoms with Gasteiger partial charge in [-0.1, -0.05) is 0 Å². The molecule has 98 valence electrons. The quantitative estimate of drug-likeness (QED) is 0.610. The predicted molar refractivity (Wildman–Crippen MR) is 71.2 cm³/mol. The highest BCUT2D eigenvalue weighted by molar-refractivity contribution is 6.00. The lowest BCUT2D eigenvalue weighted by molar-refractivity contribution is 0.0966. The molecule has 1 fully saturated rings. The van der Waals surface area contributed by atoms with Crippen LogP contribution in [0.2, 0.25) is 0 Å². The Kier molecular flexibility index (Phi) is 4.14. The summed E-state index contributed by atoms with van der Waals surface area (Å²) in [6.07, 6.45) is 3.49. The molecule has 0 saturated carbocycles. The van der Waals surface area contributed by atoms with Gasteiger partial charge in [0, 0.05) is 18.5 Å². The first kappa shape index (κ1) is 13.1. The van der Waals surface area contributed by atoms with Gasteiger partial charge in [0.05, 0.1) is 13.7 Å². The summed E-state index contributed by atoms with van der Waals surface area (Å²) < 4.78 is 5.05. The van der Waals surface area contributed by atoms with Crippen LogP contribution < -0.4 is 4.74 Å². The number of benzene rings is 1. The van der Waals surface area contributed by atoms with Crippen molar-refractivity contribution in [1.29, 1.82) is 5.26 Å². The van der Waals surface area contributed by atoms with Crippen LogP contribution in [-0.4, -0.2) is 36.7 Å². The number of aliphatic imine (C=N–C) groups is 1. The van der Waals surface area contributed by atoms with Crippen LogP contribution in [0.15, 0.2) is 29.3 Å². The molecule has 5 heteroatoms. The van der Waals surface area contributed by atoms with E-state index in [1.54, 1.807) is 37.6 Å². The molecule has 0 N–H and O–H groups in total. The van der Waals surface area contributed by atoms with Gasteiger partial charge in [0.15, 0.2) is 5.78 Å². The van der Waals surface area contributed by atoms with Crippen molar-refractivity contribution in [2.24, 2.45) is 4.99 Å². The van der Waals surface area contributed by atoms with Gasteiger partial charge >= 0.3 is 0 Å². The van der Waals surface area contributed by atoms with Crippen LogP contribution in [0, 0.1) is 11.5 Å². The molecular formula is C14H15N3O2. The fraction of sp³-hybridized carbons (Fsp3) is 0.357. The van der Waals surface area contributed by atoms with E-state index in [1.807, 2.05) is 4.90 Å². The van der Waals surface area contributed by atoms with E-state index < -0.39 is 0 Å². The van der Waals surface area contributed by atoms with E-state index in [4.69, 9.17) is 10.00 Å². The largest absolute Gasteiger partial charge is 0.497 e. The van der Waals surface area contributed by atoms with E-state index in [0.29, 0.717) is 11.4 Å². The number of hydrogen-bond donors (Lipinski definition) is 0. The van der Waals surface area contributed by atoms with Gasteiger partial charge in [-0.15, -0.1) is 0 Å². The zero-order chi connectivity index (χ0) is 13.7. The van der Waals surface area contributed by atoms with Gasteiger partial charge in [-0.05, 0) is 30.7 Å². The molecule has 1 aliphatic rings. The summed E-state index contributed by atoms with van der Waals surface area (Å²) in [5.41, 5.74) is 0.643. The predicted octanol–water partition coefficient (Wildman–Crippen LogP) is 1.85. The Hall–Kier alpha value is -2.35. The molecule has 1 heterocycles. The summed E-state index contributed by atoms with van der Waals surface area (Å²) in [6.45, 7) is 1.05. The van der Waals surface area contributed by atoms with Crippen LogP contribution in [0.3, 0.4) is 0 Å². The van der Waals surface area contributed by atoms with Crippen molar-refractivity contribution >= 4 is 11.6 Å². The molecule has 1 aromatic rings. The van der Waals surface area contributed by atoms with E-state index in [2.05, 4.69) is 4.99 Å². The maximum Gasteiger partial charge on any atom is 0.207 e. The SMILES string of the molecule is COc1ccc(C(=O)CN2CCCC2=NC#N)cc1.